The fourth-order valence-corrected chi connectivity index (χ4v) is 3.33. The number of hydrogen-bond donors (Lipinski definition) is 0. The second-order valence-corrected chi connectivity index (χ2v) is 7.73. The minimum atomic E-state index is -0.494. The molecule has 0 unspecified atom stereocenters. The number of carbonyl (C=O) groups is 1. The van der Waals surface area contributed by atoms with Gasteiger partial charge in [-0.3, -0.25) is 0 Å². The molecule has 1 aliphatic rings. The number of nitrogens with zero attached hydrogens (tertiary/aromatic N) is 1. The Labute approximate surface area is 204 Å². The van der Waals surface area contributed by atoms with Crippen LogP contribution in [-0.2, 0) is 14.3 Å². The first-order valence-electron chi connectivity index (χ1n) is 11.3. The maximum absolute atomic E-state index is 12.2. The molecule has 180 valence electrons. The third-order valence-corrected chi connectivity index (χ3v) is 5.13. The zero-order valence-corrected chi connectivity index (χ0v) is 19.7. The van der Waals surface area contributed by atoms with Gasteiger partial charge in [-0.2, -0.15) is 0 Å². The molecule has 0 bridgehead atoms. The molecule has 1 aliphatic heterocycles. The van der Waals surface area contributed by atoms with Crippen LogP contribution in [0.25, 0.3) is 6.08 Å². The molecule has 7 heteroatoms. The third-order valence-electron chi connectivity index (χ3n) is 5.13. The predicted molar refractivity (Wildman–Crippen MR) is 133 cm³/mol. The van der Waals surface area contributed by atoms with Crippen molar-refractivity contribution in [1.82, 2.24) is 0 Å². The van der Waals surface area contributed by atoms with Crippen LogP contribution in [0.4, 0.5) is 0 Å². The molecule has 35 heavy (non-hydrogen) atoms. The summed E-state index contributed by atoms with van der Waals surface area (Å²) in [5, 5.41) is 0. The van der Waals surface area contributed by atoms with Crippen LogP contribution < -0.4 is 14.2 Å². The Bertz CT molecular complexity index is 1200. The zero-order chi connectivity index (χ0) is 24.5. The van der Waals surface area contributed by atoms with E-state index in [1.54, 1.807) is 25.3 Å². The Morgan fingerprint density at radius 3 is 2.34 bits per heavy atom. The van der Waals surface area contributed by atoms with Gasteiger partial charge in [0.05, 0.1) is 20.3 Å². The first-order valence-corrected chi connectivity index (χ1v) is 11.3. The van der Waals surface area contributed by atoms with Gasteiger partial charge in [0.2, 0.25) is 5.90 Å². The number of carbonyl (C=O) groups excluding carboxylic acids is 1. The van der Waals surface area contributed by atoms with E-state index in [1.165, 1.54) is 5.56 Å². The lowest BCUT2D eigenvalue weighted by molar-refractivity contribution is -0.129. The number of benzene rings is 3. The number of cyclic esters (lactones) is 1. The van der Waals surface area contributed by atoms with E-state index in [0.29, 0.717) is 37.9 Å². The summed E-state index contributed by atoms with van der Waals surface area (Å²) >= 11 is 0. The molecular formula is C28H27NO6. The van der Waals surface area contributed by atoms with Crippen molar-refractivity contribution in [3.8, 4) is 17.2 Å². The van der Waals surface area contributed by atoms with Crippen molar-refractivity contribution in [2.75, 3.05) is 33.5 Å². The number of hydrogen-bond acceptors (Lipinski definition) is 7. The van der Waals surface area contributed by atoms with Gasteiger partial charge in [0.1, 0.15) is 19.0 Å². The summed E-state index contributed by atoms with van der Waals surface area (Å²) < 4.78 is 27.8. The number of rotatable bonds is 11. The lowest BCUT2D eigenvalue weighted by Crippen LogP contribution is -2.12. The Balaban J connectivity index is 1.27. The average molecular weight is 474 g/mol. The Hall–Kier alpha value is -4.10. The topological polar surface area (TPSA) is 75.6 Å². The molecule has 0 radical (unpaired) electrons. The molecule has 7 nitrogen and oxygen atoms in total. The summed E-state index contributed by atoms with van der Waals surface area (Å²) in [5.41, 5.74) is 2.90. The van der Waals surface area contributed by atoms with Crippen molar-refractivity contribution in [1.29, 1.82) is 0 Å². The van der Waals surface area contributed by atoms with Crippen LogP contribution in [0.2, 0.25) is 0 Å². The Morgan fingerprint density at radius 1 is 0.857 bits per heavy atom. The van der Waals surface area contributed by atoms with E-state index in [1.807, 2.05) is 67.6 Å². The summed E-state index contributed by atoms with van der Waals surface area (Å²) in [4.78, 5) is 16.6. The Kier molecular flexibility index (Phi) is 8.14. The van der Waals surface area contributed by atoms with Crippen LogP contribution in [-0.4, -0.2) is 45.4 Å². The number of aryl methyl sites for hydroxylation is 1. The summed E-state index contributed by atoms with van der Waals surface area (Å²) in [7, 11) is 1.56. The molecule has 0 atom stereocenters. The third kappa shape index (κ3) is 6.71. The van der Waals surface area contributed by atoms with Gasteiger partial charge in [-0.05, 0) is 55.0 Å². The highest BCUT2D eigenvalue weighted by Gasteiger charge is 2.24. The lowest BCUT2D eigenvalue weighted by atomic mass is 10.1. The normalized spacial score (nSPS) is 13.9. The van der Waals surface area contributed by atoms with E-state index >= 15 is 0 Å². The summed E-state index contributed by atoms with van der Waals surface area (Å²) in [6.45, 7) is 3.73. The van der Waals surface area contributed by atoms with Crippen LogP contribution in [0.3, 0.4) is 0 Å². The second kappa shape index (κ2) is 11.9. The van der Waals surface area contributed by atoms with Gasteiger partial charge in [-0.25, -0.2) is 9.79 Å². The molecule has 3 aromatic rings. The molecule has 0 N–H and O–H groups in total. The van der Waals surface area contributed by atoms with E-state index < -0.39 is 5.97 Å². The molecule has 4 rings (SSSR count). The van der Waals surface area contributed by atoms with E-state index in [0.717, 1.165) is 16.9 Å². The molecule has 1 heterocycles. The van der Waals surface area contributed by atoms with Crippen LogP contribution in [0.5, 0.6) is 17.2 Å². The number of methoxy groups -OCH3 is 1. The fraction of sp³-hybridized carbons (Fsp3) is 0.214. The van der Waals surface area contributed by atoms with E-state index in [-0.39, 0.29) is 11.6 Å². The van der Waals surface area contributed by atoms with Crippen molar-refractivity contribution in [3.05, 3.63) is 95.2 Å². The van der Waals surface area contributed by atoms with Gasteiger partial charge in [0.25, 0.3) is 0 Å². The molecule has 0 spiro atoms. The summed E-state index contributed by atoms with van der Waals surface area (Å²) in [6, 6.07) is 22.6. The van der Waals surface area contributed by atoms with Gasteiger partial charge in [0.15, 0.2) is 17.2 Å². The minimum Gasteiger partial charge on any atom is -0.493 e. The monoisotopic (exact) mass is 473 g/mol. The maximum Gasteiger partial charge on any atom is 0.363 e. The van der Waals surface area contributed by atoms with E-state index in [9.17, 15) is 4.79 Å². The van der Waals surface area contributed by atoms with Crippen LogP contribution in [0.1, 0.15) is 16.7 Å². The number of ether oxygens (including phenoxy) is 5. The SMILES string of the molecule is COc1cc(/C=C2/N=C(c3ccccc3)OC2=O)ccc1OCCOCCOc1ccc(C)cc1. The Morgan fingerprint density at radius 2 is 1.60 bits per heavy atom. The van der Waals surface area contributed by atoms with Crippen molar-refractivity contribution in [2.24, 2.45) is 4.99 Å². The molecular weight excluding hydrogens is 446 g/mol. The quantitative estimate of drug-likeness (QED) is 0.226. The van der Waals surface area contributed by atoms with E-state index in [2.05, 4.69) is 4.99 Å². The van der Waals surface area contributed by atoms with Crippen molar-refractivity contribution < 1.29 is 28.5 Å². The van der Waals surface area contributed by atoms with Gasteiger partial charge < -0.3 is 23.7 Å². The second-order valence-electron chi connectivity index (χ2n) is 7.73. The molecule has 0 amide bonds. The van der Waals surface area contributed by atoms with E-state index in [4.69, 9.17) is 23.7 Å². The molecule has 0 saturated heterocycles. The molecule has 0 aliphatic carbocycles. The molecule has 3 aromatic carbocycles. The number of esters is 1. The first kappa shape index (κ1) is 24.0. The molecule has 0 saturated carbocycles. The molecule has 0 fully saturated rings. The van der Waals surface area contributed by atoms with Crippen LogP contribution >= 0.6 is 0 Å². The van der Waals surface area contributed by atoms with Gasteiger partial charge in [-0.1, -0.05) is 42.0 Å². The highest BCUT2D eigenvalue weighted by Crippen LogP contribution is 2.29. The van der Waals surface area contributed by atoms with Gasteiger partial charge in [-0.15, -0.1) is 0 Å². The van der Waals surface area contributed by atoms with Gasteiger partial charge in [0, 0.05) is 5.56 Å². The zero-order valence-electron chi connectivity index (χ0n) is 19.7. The van der Waals surface area contributed by atoms with Crippen molar-refractivity contribution in [2.45, 2.75) is 6.92 Å². The smallest absolute Gasteiger partial charge is 0.363 e. The fourth-order valence-electron chi connectivity index (χ4n) is 3.33. The van der Waals surface area contributed by atoms with Crippen molar-refractivity contribution >= 4 is 17.9 Å². The highest BCUT2D eigenvalue weighted by atomic mass is 16.6. The summed E-state index contributed by atoms with van der Waals surface area (Å²) in [6.07, 6.45) is 1.65. The molecule has 0 aromatic heterocycles. The van der Waals surface area contributed by atoms with Crippen LogP contribution in [0.15, 0.2) is 83.5 Å². The average Bonchev–Trinajstić information content (AvgIpc) is 3.25. The van der Waals surface area contributed by atoms with Gasteiger partial charge >= 0.3 is 5.97 Å². The minimum absolute atomic E-state index is 0.223. The maximum atomic E-state index is 12.2. The number of aliphatic imine (C=N–C) groups is 1. The standard InChI is InChI=1S/C28H27NO6/c1-20-8-11-23(12-9-20)33-16-14-32-15-17-34-25-13-10-21(19-26(25)31-2)18-24-28(30)35-27(29-24)22-6-4-3-5-7-22/h3-13,18-19H,14-17H2,1-2H3/b24-18+. The first-order chi connectivity index (χ1) is 17.1. The highest BCUT2D eigenvalue weighted by molar-refractivity contribution is 6.12. The summed E-state index contributed by atoms with van der Waals surface area (Å²) in [5.74, 6) is 1.74. The predicted octanol–water partition coefficient (Wildman–Crippen LogP) is 4.82. The van der Waals surface area contributed by atoms with Crippen molar-refractivity contribution in [3.63, 3.8) is 0 Å². The largest absolute Gasteiger partial charge is 0.493 e. The lowest BCUT2D eigenvalue weighted by Gasteiger charge is -2.12. The van der Waals surface area contributed by atoms with Crippen LogP contribution in [0, 0.1) is 6.92 Å².